The second-order valence-electron chi connectivity index (χ2n) is 9.81. The topological polar surface area (TPSA) is 105 Å². The first-order valence-electron chi connectivity index (χ1n) is 11.9. The van der Waals surface area contributed by atoms with Gasteiger partial charge in [0.1, 0.15) is 18.7 Å². The number of nitrogens with one attached hydrogen (secondary N) is 1. The third-order valence-electron chi connectivity index (χ3n) is 7.11. The number of benzene rings is 2. The molecule has 186 valence electrons. The normalized spacial score (nSPS) is 19.1. The maximum atomic E-state index is 13.3. The smallest absolute Gasteiger partial charge is 0.407 e. The zero-order valence-corrected chi connectivity index (χ0v) is 20.3. The van der Waals surface area contributed by atoms with E-state index in [1.165, 1.54) is 12.0 Å². The van der Waals surface area contributed by atoms with Crippen molar-refractivity contribution in [2.45, 2.75) is 44.7 Å². The van der Waals surface area contributed by atoms with E-state index >= 15 is 0 Å². The first-order valence-corrected chi connectivity index (χ1v) is 11.9. The highest BCUT2D eigenvalue weighted by Gasteiger charge is 2.48. The van der Waals surface area contributed by atoms with Crippen LogP contribution in [0.4, 0.5) is 4.79 Å². The molecule has 0 saturated carbocycles. The molecule has 8 heteroatoms. The first-order chi connectivity index (χ1) is 16.7. The summed E-state index contributed by atoms with van der Waals surface area (Å²) in [5.74, 6) is -1.59. The van der Waals surface area contributed by atoms with Gasteiger partial charge in [0, 0.05) is 32.6 Å². The van der Waals surface area contributed by atoms with Crippen molar-refractivity contribution in [3.8, 4) is 11.1 Å². The minimum atomic E-state index is -1.05. The molecule has 2 amide bonds. The molecule has 2 N–H and O–H groups in total. The lowest BCUT2D eigenvalue weighted by Gasteiger charge is -2.31. The number of nitrogens with zero attached hydrogens (tertiary/aromatic N) is 1. The highest BCUT2D eigenvalue weighted by atomic mass is 16.5. The van der Waals surface area contributed by atoms with E-state index in [1.807, 2.05) is 50.2 Å². The van der Waals surface area contributed by atoms with Gasteiger partial charge in [0.25, 0.3) is 0 Å². The molecule has 2 aliphatic rings. The summed E-state index contributed by atoms with van der Waals surface area (Å²) in [6, 6.07) is 14.2. The number of carboxylic acid groups (broad SMARTS) is 1. The Hall–Kier alpha value is -3.39. The predicted molar refractivity (Wildman–Crippen MR) is 130 cm³/mol. The quantitative estimate of drug-likeness (QED) is 0.598. The molecule has 2 unspecified atom stereocenters. The van der Waals surface area contributed by atoms with Crippen LogP contribution in [0.3, 0.4) is 0 Å². The minimum absolute atomic E-state index is 0.1000. The summed E-state index contributed by atoms with van der Waals surface area (Å²) in [6.07, 6.45) is 0.0622. The fourth-order valence-electron chi connectivity index (χ4n) is 5.28. The Kier molecular flexibility index (Phi) is 7.12. The third-order valence-corrected chi connectivity index (χ3v) is 7.11. The molecule has 2 atom stereocenters. The zero-order chi connectivity index (χ0) is 25.2. The standard InChI is InChI=1S/C27H32N2O6/c1-27(2)13-14-29(23(27)25(31)32)24(30)22(12-15-34-3)28-26(33)35-16-21-19-10-6-4-8-17(19)18-9-5-7-11-20(18)21/h4-11,21-23H,12-16H2,1-3H3,(H,28,33)(H,31,32). The minimum Gasteiger partial charge on any atom is -0.480 e. The molecular weight excluding hydrogens is 448 g/mol. The Labute approximate surface area is 205 Å². The average Bonchev–Trinajstić information content (AvgIpc) is 3.33. The van der Waals surface area contributed by atoms with E-state index in [9.17, 15) is 19.5 Å². The molecule has 0 aromatic heterocycles. The second kappa shape index (κ2) is 10.1. The molecule has 4 rings (SSSR count). The molecule has 8 nitrogen and oxygen atoms in total. The molecule has 0 radical (unpaired) electrons. The molecule has 1 heterocycles. The lowest BCUT2D eigenvalue weighted by molar-refractivity contribution is -0.152. The molecule has 1 saturated heterocycles. The van der Waals surface area contributed by atoms with Crippen LogP contribution in [0.1, 0.15) is 43.7 Å². The van der Waals surface area contributed by atoms with Crippen molar-refractivity contribution < 1.29 is 29.0 Å². The van der Waals surface area contributed by atoms with Crippen LogP contribution in [-0.2, 0) is 19.1 Å². The van der Waals surface area contributed by atoms with Crippen LogP contribution < -0.4 is 5.32 Å². The van der Waals surface area contributed by atoms with Gasteiger partial charge in [0.2, 0.25) is 5.91 Å². The fraction of sp³-hybridized carbons (Fsp3) is 0.444. The highest BCUT2D eigenvalue weighted by molar-refractivity contribution is 5.90. The van der Waals surface area contributed by atoms with Crippen LogP contribution in [0.15, 0.2) is 48.5 Å². The van der Waals surface area contributed by atoms with Crippen LogP contribution in [0, 0.1) is 5.41 Å². The van der Waals surface area contributed by atoms with Gasteiger partial charge in [-0.1, -0.05) is 62.4 Å². The van der Waals surface area contributed by atoms with Crippen LogP contribution in [0.2, 0.25) is 0 Å². The number of rotatable bonds is 8. The summed E-state index contributed by atoms with van der Waals surface area (Å²) in [7, 11) is 1.51. The molecule has 1 fully saturated rings. The number of aliphatic carboxylic acids is 1. The van der Waals surface area contributed by atoms with Gasteiger partial charge in [-0.3, -0.25) is 4.79 Å². The Morgan fingerprint density at radius 3 is 2.26 bits per heavy atom. The number of fused-ring (bicyclic) bond motifs is 3. The van der Waals surface area contributed by atoms with Gasteiger partial charge in [0.15, 0.2) is 0 Å². The summed E-state index contributed by atoms with van der Waals surface area (Å²) in [4.78, 5) is 39.4. The Morgan fingerprint density at radius 1 is 1.09 bits per heavy atom. The van der Waals surface area contributed by atoms with Crippen molar-refractivity contribution >= 4 is 18.0 Å². The average molecular weight is 481 g/mol. The maximum Gasteiger partial charge on any atom is 0.407 e. The number of alkyl carbamates (subject to hydrolysis) is 1. The van der Waals surface area contributed by atoms with Crippen molar-refractivity contribution in [3.05, 3.63) is 59.7 Å². The predicted octanol–water partition coefficient (Wildman–Crippen LogP) is 3.64. The molecule has 0 bridgehead atoms. The summed E-state index contributed by atoms with van der Waals surface area (Å²) in [5, 5.41) is 12.4. The SMILES string of the molecule is COCCC(NC(=O)OCC1c2ccccc2-c2ccccc21)C(=O)N1CCC(C)(C)C1C(=O)O. The number of likely N-dealkylation sites (tertiary alicyclic amines) is 1. The van der Waals surface area contributed by atoms with E-state index in [0.29, 0.717) is 13.0 Å². The number of ether oxygens (including phenoxy) is 2. The zero-order valence-electron chi connectivity index (χ0n) is 20.3. The summed E-state index contributed by atoms with van der Waals surface area (Å²) in [5.41, 5.74) is 3.88. The number of amides is 2. The van der Waals surface area contributed by atoms with Gasteiger partial charge in [-0.05, 0) is 34.1 Å². The second-order valence-corrected chi connectivity index (χ2v) is 9.81. The Balaban J connectivity index is 1.45. The third kappa shape index (κ3) is 4.89. The van der Waals surface area contributed by atoms with Crippen molar-refractivity contribution in [3.63, 3.8) is 0 Å². The molecule has 35 heavy (non-hydrogen) atoms. The van der Waals surface area contributed by atoms with Crippen molar-refractivity contribution in [2.24, 2.45) is 5.41 Å². The van der Waals surface area contributed by atoms with Gasteiger partial charge in [-0.25, -0.2) is 9.59 Å². The van der Waals surface area contributed by atoms with Gasteiger partial charge >= 0.3 is 12.1 Å². The van der Waals surface area contributed by atoms with Gasteiger partial charge < -0.3 is 24.8 Å². The number of carbonyl (C=O) groups excluding carboxylic acids is 2. The molecule has 1 aliphatic carbocycles. The number of carbonyl (C=O) groups is 3. The number of methoxy groups -OCH3 is 1. The summed E-state index contributed by atoms with van der Waals surface area (Å²) >= 11 is 0. The lowest BCUT2D eigenvalue weighted by Crippen LogP contribution is -2.54. The van der Waals surface area contributed by atoms with Crippen molar-refractivity contribution in [1.29, 1.82) is 0 Å². The van der Waals surface area contributed by atoms with E-state index in [0.717, 1.165) is 22.3 Å². The largest absolute Gasteiger partial charge is 0.480 e. The molecule has 2 aromatic carbocycles. The summed E-state index contributed by atoms with van der Waals surface area (Å²) < 4.78 is 10.7. The number of carboxylic acids is 1. The van der Waals surface area contributed by atoms with Gasteiger partial charge in [-0.15, -0.1) is 0 Å². The lowest BCUT2D eigenvalue weighted by atomic mass is 9.85. The number of hydrogen-bond donors (Lipinski definition) is 2. The van der Waals surface area contributed by atoms with Crippen molar-refractivity contribution in [2.75, 3.05) is 26.9 Å². The van der Waals surface area contributed by atoms with E-state index in [2.05, 4.69) is 17.4 Å². The van der Waals surface area contributed by atoms with E-state index in [1.54, 1.807) is 0 Å². The Bertz CT molecular complexity index is 1070. The maximum absolute atomic E-state index is 13.3. The molecule has 0 spiro atoms. The highest BCUT2D eigenvalue weighted by Crippen LogP contribution is 2.44. The van der Waals surface area contributed by atoms with Gasteiger partial charge in [-0.2, -0.15) is 0 Å². The van der Waals surface area contributed by atoms with Crippen LogP contribution in [0.5, 0.6) is 0 Å². The van der Waals surface area contributed by atoms with Crippen LogP contribution >= 0.6 is 0 Å². The summed E-state index contributed by atoms with van der Waals surface area (Å²) in [6.45, 7) is 4.34. The van der Waals surface area contributed by atoms with E-state index < -0.39 is 35.5 Å². The molecule has 1 aliphatic heterocycles. The fourth-order valence-corrected chi connectivity index (χ4v) is 5.28. The Morgan fingerprint density at radius 2 is 1.69 bits per heavy atom. The molecular formula is C27H32N2O6. The molecule has 2 aromatic rings. The first kappa shape index (κ1) is 24.7. The van der Waals surface area contributed by atoms with E-state index in [-0.39, 0.29) is 25.6 Å². The van der Waals surface area contributed by atoms with Crippen LogP contribution in [0.25, 0.3) is 11.1 Å². The monoisotopic (exact) mass is 480 g/mol. The number of hydrogen-bond acceptors (Lipinski definition) is 5. The van der Waals surface area contributed by atoms with Crippen LogP contribution in [-0.4, -0.2) is 66.9 Å². The van der Waals surface area contributed by atoms with Gasteiger partial charge in [0.05, 0.1) is 0 Å². The van der Waals surface area contributed by atoms with Crippen molar-refractivity contribution in [1.82, 2.24) is 10.2 Å². The van der Waals surface area contributed by atoms with E-state index in [4.69, 9.17) is 9.47 Å².